The van der Waals surface area contributed by atoms with Crippen LogP contribution in [-0.2, 0) is 0 Å². The first kappa shape index (κ1) is 16.8. The number of halogens is 1. The largest absolute Gasteiger partial charge is 0.313 e. The molecule has 3 heteroatoms. The Kier molecular flexibility index (Phi) is 6.53. The number of nitrogens with one attached hydrogen (secondary N) is 1. The summed E-state index contributed by atoms with van der Waals surface area (Å²) in [6, 6.07) is 9.52. The molecule has 1 atom stereocenters. The molecular weight excluding hydrogens is 280 g/mol. The third-order valence-corrected chi connectivity index (χ3v) is 4.63. The highest BCUT2D eigenvalue weighted by atomic mass is 35.5. The average Bonchev–Trinajstić information content (AvgIpc) is 3.28. The van der Waals surface area contributed by atoms with Crippen LogP contribution in [-0.4, -0.2) is 31.1 Å². The molecule has 1 fully saturated rings. The van der Waals surface area contributed by atoms with Gasteiger partial charge in [-0.05, 0) is 62.9 Å². The first-order valence-electron chi connectivity index (χ1n) is 8.27. The summed E-state index contributed by atoms with van der Waals surface area (Å²) in [6.07, 6.45) is 5.25. The highest BCUT2D eigenvalue weighted by Gasteiger charge is 2.28. The summed E-state index contributed by atoms with van der Waals surface area (Å²) in [4.78, 5) is 2.69. The van der Waals surface area contributed by atoms with Crippen LogP contribution in [0.25, 0.3) is 0 Å². The van der Waals surface area contributed by atoms with Gasteiger partial charge in [-0.15, -0.1) is 0 Å². The molecular formula is C18H29ClN2. The van der Waals surface area contributed by atoms with Crippen molar-refractivity contribution in [2.75, 3.05) is 20.1 Å². The Morgan fingerprint density at radius 1 is 1.14 bits per heavy atom. The van der Waals surface area contributed by atoms with Gasteiger partial charge in [0.2, 0.25) is 0 Å². The van der Waals surface area contributed by atoms with E-state index in [4.69, 9.17) is 11.6 Å². The second kappa shape index (κ2) is 8.17. The summed E-state index contributed by atoms with van der Waals surface area (Å²) in [5.41, 5.74) is 1.33. The second-order valence-corrected chi connectivity index (χ2v) is 7.07. The Morgan fingerprint density at radius 3 is 2.29 bits per heavy atom. The zero-order chi connectivity index (χ0) is 15.2. The maximum Gasteiger partial charge on any atom is 0.0406 e. The van der Waals surface area contributed by atoms with E-state index in [1.807, 2.05) is 12.1 Å². The maximum absolute atomic E-state index is 5.98. The van der Waals surface area contributed by atoms with Gasteiger partial charge in [0.25, 0.3) is 0 Å². The molecule has 0 spiro atoms. The lowest BCUT2D eigenvalue weighted by Gasteiger charge is -2.26. The van der Waals surface area contributed by atoms with Crippen molar-refractivity contribution in [1.29, 1.82) is 0 Å². The molecule has 0 bridgehead atoms. The van der Waals surface area contributed by atoms with E-state index in [2.05, 4.69) is 43.2 Å². The molecule has 21 heavy (non-hydrogen) atoms. The molecule has 2 nitrogen and oxygen atoms in total. The van der Waals surface area contributed by atoms with Crippen LogP contribution in [0.15, 0.2) is 24.3 Å². The monoisotopic (exact) mass is 308 g/mol. The molecule has 1 N–H and O–H groups in total. The van der Waals surface area contributed by atoms with Crippen molar-refractivity contribution < 1.29 is 0 Å². The molecule has 0 amide bonds. The van der Waals surface area contributed by atoms with E-state index in [0.717, 1.165) is 23.4 Å². The molecule has 118 valence electrons. The van der Waals surface area contributed by atoms with Gasteiger partial charge in [0.15, 0.2) is 0 Å². The topological polar surface area (TPSA) is 15.3 Å². The molecule has 1 saturated carbocycles. The number of benzene rings is 1. The number of hydrogen-bond donors (Lipinski definition) is 1. The van der Waals surface area contributed by atoms with Crippen molar-refractivity contribution in [2.24, 2.45) is 5.92 Å². The van der Waals surface area contributed by atoms with E-state index in [9.17, 15) is 0 Å². The third kappa shape index (κ3) is 5.61. The van der Waals surface area contributed by atoms with Crippen molar-refractivity contribution >= 4 is 11.6 Å². The van der Waals surface area contributed by atoms with Gasteiger partial charge >= 0.3 is 0 Å². The highest BCUT2D eigenvalue weighted by Crippen LogP contribution is 2.29. The van der Waals surface area contributed by atoms with E-state index in [1.165, 1.54) is 37.9 Å². The predicted octanol–water partition coefficient (Wildman–Crippen LogP) is 4.50. The lowest BCUT2D eigenvalue weighted by atomic mass is 10.0. The van der Waals surface area contributed by atoms with Gasteiger partial charge in [-0.2, -0.15) is 0 Å². The minimum atomic E-state index is 0.419. The highest BCUT2D eigenvalue weighted by molar-refractivity contribution is 6.30. The van der Waals surface area contributed by atoms with Gasteiger partial charge in [0.05, 0.1) is 0 Å². The van der Waals surface area contributed by atoms with Crippen molar-refractivity contribution in [1.82, 2.24) is 10.2 Å². The van der Waals surface area contributed by atoms with Crippen LogP contribution >= 0.6 is 11.6 Å². The zero-order valence-corrected chi connectivity index (χ0v) is 14.4. The summed E-state index contributed by atoms with van der Waals surface area (Å²) >= 11 is 5.98. The molecule has 0 aliphatic heterocycles. The maximum atomic E-state index is 5.98. The van der Waals surface area contributed by atoms with Gasteiger partial charge in [-0.1, -0.05) is 37.6 Å². The fourth-order valence-electron chi connectivity index (χ4n) is 2.81. The van der Waals surface area contributed by atoms with Crippen LogP contribution in [0.3, 0.4) is 0 Å². The first-order chi connectivity index (χ1) is 10.1. The van der Waals surface area contributed by atoms with Crippen LogP contribution in [0.1, 0.15) is 51.1 Å². The molecule has 1 aliphatic rings. The normalized spacial score (nSPS) is 16.7. The summed E-state index contributed by atoms with van der Waals surface area (Å²) in [7, 11) is 2.05. The van der Waals surface area contributed by atoms with Gasteiger partial charge in [0, 0.05) is 23.7 Å². The quantitative estimate of drug-likeness (QED) is 0.722. The fraction of sp³-hybridized carbons (Fsp3) is 0.667. The van der Waals surface area contributed by atoms with E-state index in [-0.39, 0.29) is 0 Å². The lowest BCUT2D eigenvalue weighted by molar-refractivity contribution is 0.235. The SMILES string of the molecule is CNC(CCN(CCC(C)C)C1CC1)c1ccc(Cl)cc1. The van der Waals surface area contributed by atoms with Crippen LogP contribution in [0.4, 0.5) is 0 Å². The van der Waals surface area contributed by atoms with Crippen LogP contribution in [0.5, 0.6) is 0 Å². The van der Waals surface area contributed by atoms with Gasteiger partial charge in [-0.3, -0.25) is 0 Å². The molecule has 2 rings (SSSR count). The second-order valence-electron chi connectivity index (χ2n) is 6.63. The van der Waals surface area contributed by atoms with Crippen LogP contribution in [0.2, 0.25) is 5.02 Å². The number of rotatable bonds is 9. The third-order valence-electron chi connectivity index (χ3n) is 4.38. The van der Waals surface area contributed by atoms with Gasteiger partial charge in [0.1, 0.15) is 0 Å². The predicted molar refractivity (Wildman–Crippen MR) is 91.9 cm³/mol. The molecule has 0 saturated heterocycles. The molecule has 1 aromatic rings. The number of hydrogen-bond acceptors (Lipinski definition) is 2. The average molecular weight is 309 g/mol. The van der Waals surface area contributed by atoms with Crippen LogP contribution in [0, 0.1) is 5.92 Å². The molecule has 1 aliphatic carbocycles. The van der Waals surface area contributed by atoms with Gasteiger partial charge < -0.3 is 10.2 Å². The lowest BCUT2D eigenvalue weighted by Crippen LogP contribution is -2.31. The summed E-state index contributed by atoms with van der Waals surface area (Å²) < 4.78 is 0. The standard InChI is InChI=1S/C18H29ClN2/c1-14(2)10-12-21(17-8-9-17)13-11-18(20-3)15-4-6-16(19)7-5-15/h4-7,14,17-18,20H,8-13H2,1-3H3. The van der Waals surface area contributed by atoms with Crippen molar-refractivity contribution in [2.45, 2.75) is 51.6 Å². The molecule has 0 aromatic heterocycles. The Bertz CT molecular complexity index is 412. The van der Waals surface area contributed by atoms with E-state index < -0.39 is 0 Å². The number of nitrogens with zero attached hydrogens (tertiary/aromatic N) is 1. The summed E-state index contributed by atoms with van der Waals surface area (Å²) in [5.74, 6) is 0.794. The Morgan fingerprint density at radius 2 is 1.76 bits per heavy atom. The smallest absolute Gasteiger partial charge is 0.0406 e. The minimum absolute atomic E-state index is 0.419. The summed E-state index contributed by atoms with van der Waals surface area (Å²) in [6.45, 7) is 7.06. The van der Waals surface area contributed by atoms with Crippen molar-refractivity contribution in [3.8, 4) is 0 Å². The first-order valence-corrected chi connectivity index (χ1v) is 8.64. The summed E-state index contributed by atoms with van der Waals surface area (Å²) in [5, 5.41) is 4.26. The fourth-order valence-corrected chi connectivity index (χ4v) is 2.93. The minimum Gasteiger partial charge on any atom is -0.313 e. The van der Waals surface area contributed by atoms with E-state index in [1.54, 1.807) is 0 Å². The Hall–Kier alpha value is -0.570. The van der Waals surface area contributed by atoms with Crippen molar-refractivity contribution in [3.05, 3.63) is 34.9 Å². The Balaban J connectivity index is 1.86. The molecule has 0 radical (unpaired) electrons. The zero-order valence-electron chi connectivity index (χ0n) is 13.6. The molecule has 1 unspecified atom stereocenters. The van der Waals surface area contributed by atoms with Crippen LogP contribution < -0.4 is 5.32 Å². The van der Waals surface area contributed by atoms with E-state index >= 15 is 0 Å². The molecule has 0 heterocycles. The molecule has 1 aromatic carbocycles. The Labute approximate surface area is 134 Å². The van der Waals surface area contributed by atoms with E-state index in [0.29, 0.717) is 6.04 Å². The van der Waals surface area contributed by atoms with Crippen molar-refractivity contribution in [3.63, 3.8) is 0 Å². The van der Waals surface area contributed by atoms with Gasteiger partial charge in [-0.25, -0.2) is 0 Å².